The summed E-state index contributed by atoms with van der Waals surface area (Å²) in [5.74, 6) is -2.48. The predicted molar refractivity (Wildman–Crippen MR) is 115 cm³/mol. The van der Waals surface area contributed by atoms with E-state index in [1.54, 1.807) is 7.05 Å². The quantitative estimate of drug-likeness (QED) is 0.153. The maximum atomic E-state index is 10.7. The van der Waals surface area contributed by atoms with Crippen LogP contribution in [0.4, 0.5) is 0 Å². The van der Waals surface area contributed by atoms with Crippen LogP contribution in [-0.2, 0) is 23.7 Å². The second-order valence-electron chi connectivity index (χ2n) is 9.72. The first-order valence-electron chi connectivity index (χ1n) is 11.8. The molecular weight excluding hydrogens is 490 g/mol. The first kappa shape index (κ1) is 28.4. The van der Waals surface area contributed by atoms with Gasteiger partial charge in [0.1, 0.15) is 48.8 Å². The van der Waals surface area contributed by atoms with Crippen molar-refractivity contribution in [3.8, 4) is 0 Å². The summed E-state index contributed by atoms with van der Waals surface area (Å²) < 4.78 is 28.7. The molecule has 1 spiro atoms. The van der Waals surface area contributed by atoms with Gasteiger partial charge >= 0.3 is 5.97 Å². The number of nitrogens with two attached hydrogens (primary N) is 2. The van der Waals surface area contributed by atoms with E-state index in [1.807, 2.05) is 0 Å². The molecule has 0 aromatic rings. The van der Waals surface area contributed by atoms with Gasteiger partial charge in [-0.05, 0) is 13.5 Å². The van der Waals surface area contributed by atoms with Gasteiger partial charge in [-0.3, -0.25) is 0 Å². The monoisotopic (exact) mass is 527 g/mol. The van der Waals surface area contributed by atoms with Gasteiger partial charge in [0, 0.05) is 12.1 Å². The lowest BCUT2D eigenvalue weighted by Gasteiger charge is -2.46. The molecule has 13 N–H and O–H groups in total. The van der Waals surface area contributed by atoms with Crippen LogP contribution in [0, 0.1) is 0 Å². The number of rotatable bonds is 6. The molecule has 0 bridgehead atoms. The molecule has 16 nitrogen and oxygen atoms in total. The summed E-state index contributed by atoms with van der Waals surface area (Å²) in [6.45, 7) is -1.33. The highest BCUT2D eigenvalue weighted by molar-refractivity contribution is 5.05. The number of hydrogen-bond donors (Lipinski definition) is 11. The zero-order valence-electron chi connectivity index (χ0n) is 19.6. The topological polar surface area (TPSA) is 272 Å². The van der Waals surface area contributed by atoms with Crippen molar-refractivity contribution in [2.75, 3.05) is 20.3 Å². The van der Waals surface area contributed by atoms with Crippen LogP contribution in [0.25, 0.3) is 0 Å². The third-order valence-electron chi connectivity index (χ3n) is 7.42. The molecule has 0 amide bonds. The third-order valence-corrected chi connectivity index (χ3v) is 7.42. The molecule has 4 aliphatic rings. The van der Waals surface area contributed by atoms with Crippen molar-refractivity contribution in [2.24, 2.45) is 11.5 Å². The molecule has 16 atom stereocenters. The van der Waals surface area contributed by atoms with Crippen molar-refractivity contribution in [3.63, 3.8) is 0 Å². The normalized spacial score (nSPS) is 54.4. The summed E-state index contributed by atoms with van der Waals surface area (Å²) >= 11 is 0. The molecule has 4 fully saturated rings. The average molecular weight is 528 g/mol. The SMILES string of the molecule is CN[C@H]1C[C@@H](N)[C@H](O)[C@@H](O[C@@H]2O[C@H](CO)[C@H](O)[C@@H]3O[C@@]4(O[C@@H]23)O[C@H]([C@H](N)CO)[C@H](O)[C@H](O)[C@H]4O)[C@@H]1O. The Labute approximate surface area is 206 Å². The van der Waals surface area contributed by atoms with Gasteiger partial charge < -0.3 is 81.3 Å². The second kappa shape index (κ2) is 10.9. The van der Waals surface area contributed by atoms with Crippen LogP contribution in [0.3, 0.4) is 0 Å². The fourth-order valence-electron chi connectivity index (χ4n) is 5.23. The van der Waals surface area contributed by atoms with E-state index in [-0.39, 0.29) is 6.42 Å². The fraction of sp³-hybridized carbons (Fsp3) is 1.00. The Bertz CT molecular complexity index is 756. The maximum absolute atomic E-state index is 10.7. The standard InChI is InChI=1S/C20H37N3O13/c1-23-7-2-5(21)9(26)15(10(7)27)33-19-17-16(11(28)8(4-25)32-19)35-20(36-17)18(31)13(30)12(29)14(34-20)6(22)3-24/h5-19,23-31H,2-4,21-22H2,1H3/t5-,6-,7+,8-,9+,10-,11+,12-,13+,14-,15-,16+,17-,18-,19+,20+/m1/s1. The molecule has 3 aliphatic heterocycles. The lowest BCUT2D eigenvalue weighted by atomic mass is 9.84. The lowest BCUT2D eigenvalue weighted by Crippen LogP contribution is -2.69. The number of nitrogens with one attached hydrogen (secondary N) is 1. The first-order chi connectivity index (χ1) is 17.0. The molecule has 3 saturated heterocycles. The molecule has 0 radical (unpaired) electrons. The molecule has 0 aromatic carbocycles. The lowest BCUT2D eigenvalue weighted by molar-refractivity contribution is -0.439. The summed E-state index contributed by atoms with van der Waals surface area (Å²) in [5.41, 5.74) is 11.8. The number of aliphatic hydroxyl groups excluding tert-OH is 8. The molecule has 1 saturated carbocycles. The second-order valence-corrected chi connectivity index (χ2v) is 9.72. The summed E-state index contributed by atoms with van der Waals surface area (Å²) in [7, 11) is 1.60. The van der Waals surface area contributed by atoms with Crippen molar-refractivity contribution >= 4 is 0 Å². The van der Waals surface area contributed by atoms with Crippen molar-refractivity contribution in [3.05, 3.63) is 0 Å². The van der Waals surface area contributed by atoms with E-state index in [9.17, 15) is 40.9 Å². The maximum Gasteiger partial charge on any atom is 0.314 e. The smallest absolute Gasteiger partial charge is 0.314 e. The van der Waals surface area contributed by atoms with Crippen molar-refractivity contribution in [1.29, 1.82) is 0 Å². The Morgan fingerprint density at radius 1 is 0.944 bits per heavy atom. The highest BCUT2D eigenvalue weighted by atomic mass is 16.9. The van der Waals surface area contributed by atoms with Gasteiger partial charge in [-0.2, -0.15) is 0 Å². The van der Waals surface area contributed by atoms with Gasteiger partial charge in [-0.15, -0.1) is 0 Å². The molecule has 3 heterocycles. The van der Waals surface area contributed by atoms with E-state index in [0.717, 1.165) is 0 Å². The van der Waals surface area contributed by atoms with Gasteiger partial charge in [-0.1, -0.05) is 0 Å². The Kier molecular flexibility index (Phi) is 8.55. The summed E-state index contributed by atoms with van der Waals surface area (Å²) in [4.78, 5) is 0. The third kappa shape index (κ3) is 4.68. The zero-order chi connectivity index (χ0) is 26.5. The van der Waals surface area contributed by atoms with Gasteiger partial charge in [0.05, 0.1) is 31.5 Å². The van der Waals surface area contributed by atoms with Crippen molar-refractivity contribution in [2.45, 2.75) is 104 Å². The number of aliphatic hydroxyl groups is 8. The molecule has 0 unspecified atom stereocenters. The molecule has 36 heavy (non-hydrogen) atoms. The first-order valence-corrected chi connectivity index (χ1v) is 11.8. The van der Waals surface area contributed by atoms with Crippen molar-refractivity contribution in [1.82, 2.24) is 5.32 Å². The average Bonchev–Trinajstić information content (AvgIpc) is 3.27. The van der Waals surface area contributed by atoms with Crippen LogP contribution < -0.4 is 16.8 Å². The van der Waals surface area contributed by atoms with Crippen LogP contribution in [0.2, 0.25) is 0 Å². The van der Waals surface area contributed by atoms with E-state index in [4.69, 9.17) is 35.2 Å². The summed E-state index contributed by atoms with van der Waals surface area (Å²) in [6.07, 6.45) is -17.7. The number of likely N-dealkylation sites (N-methyl/N-ethyl adjacent to an activating group) is 1. The van der Waals surface area contributed by atoms with Crippen LogP contribution in [0.5, 0.6) is 0 Å². The minimum atomic E-state index is -2.48. The van der Waals surface area contributed by atoms with E-state index in [1.165, 1.54) is 0 Å². The molecule has 210 valence electrons. The summed E-state index contributed by atoms with van der Waals surface area (Å²) in [5, 5.41) is 85.6. The van der Waals surface area contributed by atoms with Crippen molar-refractivity contribution < 1.29 is 64.5 Å². The van der Waals surface area contributed by atoms with E-state index < -0.39 is 111 Å². The Hall–Kier alpha value is -0.640. The van der Waals surface area contributed by atoms with Crippen LogP contribution in [0.15, 0.2) is 0 Å². The van der Waals surface area contributed by atoms with Gasteiger partial charge in [0.2, 0.25) is 0 Å². The summed E-state index contributed by atoms with van der Waals surface area (Å²) in [6, 6.07) is -2.50. The predicted octanol–water partition coefficient (Wildman–Crippen LogP) is -7.27. The Morgan fingerprint density at radius 3 is 2.22 bits per heavy atom. The van der Waals surface area contributed by atoms with E-state index in [2.05, 4.69) is 5.32 Å². The number of ether oxygens (including phenoxy) is 5. The van der Waals surface area contributed by atoms with Crippen LogP contribution in [0.1, 0.15) is 6.42 Å². The minimum absolute atomic E-state index is 0.254. The number of fused-ring (bicyclic) bond motifs is 1. The Balaban J connectivity index is 1.62. The highest BCUT2D eigenvalue weighted by Gasteiger charge is 2.67. The minimum Gasteiger partial charge on any atom is -0.395 e. The van der Waals surface area contributed by atoms with Gasteiger partial charge in [0.15, 0.2) is 12.4 Å². The highest BCUT2D eigenvalue weighted by Crippen LogP contribution is 2.45. The van der Waals surface area contributed by atoms with Crippen LogP contribution >= 0.6 is 0 Å². The largest absolute Gasteiger partial charge is 0.395 e. The molecule has 16 heteroatoms. The molecule has 1 aliphatic carbocycles. The van der Waals surface area contributed by atoms with Crippen LogP contribution in [-0.4, -0.2) is 159 Å². The molecule has 4 rings (SSSR count). The molecular formula is C20H37N3O13. The van der Waals surface area contributed by atoms with Gasteiger partial charge in [0.25, 0.3) is 0 Å². The molecule has 0 aromatic heterocycles. The van der Waals surface area contributed by atoms with E-state index in [0.29, 0.717) is 0 Å². The zero-order valence-corrected chi connectivity index (χ0v) is 19.6. The van der Waals surface area contributed by atoms with E-state index >= 15 is 0 Å². The fourth-order valence-corrected chi connectivity index (χ4v) is 5.23. The Morgan fingerprint density at radius 2 is 1.61 bits per heavy atom. The number of hydrogen-bond acceptors (Lipinski definition) is 16. The van der Waals surface area contributed by atoms with Gasteiger partial charge in [-0.25, -0.2) is 0 Å².